The molecule has 1 saturated carbocycles. The van der Waals surface area contributed by atoms with Gasteiger partial charge in [0.2, 0.25) is 5.91 Å². The van der Waals surface area contributed by atoms with Gasteiger partial charge in [-0.3, -0.25) is 9.59 Å². The van der Waals surface area contributed by atoms with Crippen LogP contribution < -0.4 is 15.4 Å². The monoisotopic (exact) mass is 342 g/mol. The van der Waals surface area contributed by atoms with Crippen LogP contribution in [0.15, 0.2) is 36.4 Å². The summed E-state index contributed by atoms with van der Waals surface area (Å²) in [5, 5.41) is 5.59. The molecule has 130 valence electrons. The summed E-state index contributed by atoms with van der Waals surface area (Å²) in [6.07, 6.45) is 1.84. The first-order valence-electron chi connectivity index (χ1n) is 8.04. The number of carbonyl (C=O) groups excluding carboxylic acids is 2. The van der Waals surface area contributed by atoms with E-state index < -0.39 is 11.7 Å². The topological polar surface area (TPSA) is 67.4 Å². The lowest BCUT2D eigenvalue weighted by Crippen LogP contribution is -2.15. The Morgan fingerprint density at radius 3 is 2.52 bits per heavy atom. The number of anilines is 2. The molecule has 5 nitrogen and oxygen atoms in total. The molecule has 2 amide bonds. The van der Waals surface area contributed by atoms with Gasteiger partial charge < -0.3 is 15.4 Å². The molecule has 2 aromatic rings. The number of carbonyl (C=O) groups is 2. The van der Waals surface area contributed by atoms with Crippen molar-refractivity contribution >= 4 is 23.2 Å². The quantitative estimate of drug-likeness (QED) is 0.870. The Morgan fingerprint density at radius 1 is 1.12 bits per heavy atom. The number of ether oxygens (including phenoxy) is 1. The Morgan fingerprint density at radius 2 is 1.88 bits per heavy atom. The lowest BCUT2D eigenvalue weighted by molar-refractivity contribution is -0.117. The predicted molar refractivity (Wildman–Crippen MR) is 93.4 cm³/mol. The van der Waals surface area contributed by atoms with E-state index in [2.05, 4.69) is 10.6 Å². The van der Waals surface area contributed by atoms with E-state index in [1.165, 1.54) is 19.2 Å². The lowest BCUT2D eigenvalue weighted by atomic mass is 10.1. The molecule has 0 spiro atoms. The number of rotatable bonds is 5. The van der Waals surface area contributed by atoms with Crippen molar-refractivity contribution in [3.05, 3.63) is 53.3 Å². The summed E-state index contributed by atoms with van der Waals surface area (Å²) in [6, 6.07) is 9.33. The molecule has 6 heteroatoms. The highest BCUT2D eigenvalue weighted by atomic mass is 19.1. The highest BCUT2D eigenvalue weighted by molar-refractivity contribution is 6.05. The highest BCUT2D eigenvalue weighted by Crippen LogP contribution is 2.31. The van der Waals surface area contributed by atoms with Crippen molar-refractivity contribution in [2.75, 3.05) is 17.7 Å². The van der Waals surface area contributed by atoms with Crippen LogP contribution in [0, 0.1) is 18.7 Å². The van der Waals surface area contributed by atoms with Crippen LogP contribution in [0.1, 0.15) is 28.8 Å². The zero-order valence-electron chi connectivity index (χ0n) is 14.1. The van der Waals surface area contributed by atoms with Crippen molar-refractivity contribution in [1.29, 1.82) is 0 Å². The molecule has 0 atom stereocenters. The van der Waals surface area contributed by atoms with Crippen LogP contribution >= 0.6 is 0 Å². The highest BCUT2D eigenvalue weighted by Gasteiger charge is 2.29. The van der Waals surface area contributed by atoms with Crippen LogP contribution in [0.5, 0.6) is 5.75 Å². The van der Waals surface area contributed by atoms with Crippen molar-refractivity contribution in [2.45, 2.75) is 19.8 Å². The molecule has 1 aliphatic rings. The molecule has 0 saturated heterocycles. The van der Waals surface area contributed by atoms with Gasteiger partial charge in [-0.15, -0.1) is 0 Å². The summed E-state index contributed by atoms with van der Waals surface area (Å²) in [7, 11) is 1.36. The fraction of sp³-hybridized carbons (Fsp3) is 0.263. The van der Waals surface area contributed by atoms with E-state index in [-0.39, 0.29) is 23.1 Å². The fourth-order valence-corrected chi connectivity index (χ4v) is 2.43. The van der Waals surface area contributed by atoms with E-state index in [1.54, 1.807) is 12.1 Å². The Labute approximate surface area is 145 Å². The fourth-order valence-electron chi connectivity index (χ4n) is 2.43. The van der Waals surface area contributed by atoms with Gasteiger partial charge >= 0.3 is 0 Å². The standard InChI is InChI=1S/C19H19FN2O3/c1-11-3-7-14(21-18(23)12-4-5-12)10-16(11)22-19(24)13-6-8-17(25-2)15(20)9-13/h3,6-10,12H,4-5H2,1-2H3,(H,21,23)(H,22,24). The molecule has 25 heavy (non-hydrogen) atoms. The van der Waals surface area contributed by atoms with E-state index in [4.69, 9.17) is 4.74 Å². The summed E-state index contributed by atoms with van der Waals surface area (Å²) in [4.78, 5) is 24.2. The van der Waals surface area contributed by atoms with Gasteiger partial charge in [0, 0.05) is 22.9 Å². The molecule has 1 aliphatic carbocycles. The van der Waals surface area contributed by atoms with E-state index in [1.807, 2.05) is 13.0 Å². The van der Waals surface area contributed by atoms with Crippen LogP contribution in [0.4, 0.5) is 15.8 Å². The maximum atomic E-state index is 13.8. The van der Waals surface area contributed by atoms with Gasteiger partial charge in [-0.2, -0.15) is 0 Å². The van der Waals surface area contributed by atoms with Crippen molar-refractivity contribution in [2.24, 2.45) is 5.92 Å². The van der Waals surface area contributed by atoms with Crippen LogP contribution in [-0.2, 0) is 4.79 Å². The van der Waals surface area contributed by atoms with Gasteiger partial charge in [-0.05, 0) is 55.7 Å². The maximum Gasteiger partial charge on any atom is 0.255 e. The van der Waals surface area contributed by atoms with Crippen molar-refractivity contribution in [3.63, 3.8) is 0 Å². The lowest BCUT2D eigenvalue weighted by Gasteiger charge is -2.12. The van der Waals surface area contributed by atoms with Gasteiger partial charge in [0.15, 0.2) is 11.6 Å². The predicted octanol–water partition coefficient (Wildman–Crippen LogP) is 3.74. The van der Waals surface area contributed by atoms with Gasteiger partial charge in [0.1, 0.15) is 0 Å². The minimum Gasteiger partial charge on any atom is -0.494 e. The molecule has 1 fully saturated rings. The normalized spacial score (nSPS) is 13.2. The van der Waals surface area contributed by atoms with Crippen molar-refractivity contribution in [3.8, 4) is 5.75 Å². The van der Waals surface area contributed by atoms with E-state index in [0.29, 0.717) is 11.4 Å². The molecule has 0 aromatic heterocycles. The third kappa shape index (κ3) is 3.96. The smallest absolute Gasteiger partial charge is 0.255 e. The second-order valence-corrected chi connectivity index (χ2v) is 6.10. The number of halogens is 1. The number of benzene rings is 2. The van der Waals surface area contributed by atoms with Crippen molar-refractivity contribution in [1.82, 2.24) is 0 Å². The SMILES string of the molecule is COc1ccc(C(=O)Nc2cc(NC(=O)C3CC3)ccc2C)cc1F. The average molecular weight is 342 g/mol. The Balaban J connectivity index is 1.75. The molecular formula is C19H19FN2O3. The number of hydrogen-bond acceptors (Lipinski definition) is 3. The van der Waals surface area contributed by atoms with E-state index >= 15 is 0 Å². The third-order valence-electron chi connectivity index (χ3n) is 4.12. The molecule has 0 aliphatic heterocycles. The number of methoxy groups -OCH3 is 1. The Hall–Kier alpha value is -2.89. The van der Waals surface area contributed by atoms with Gasteiger partial charge in [-0.25, -0.2) is 4.39 Å². The number of amides is 2. The van der Waals surface area contributed by atoms with Crippen LogP contribution in [0.25, 0.3) is 0 Å². The van der Waals surface area contributed by atoms with Gasteiger partial charge in [0.25, 0.3) is 5.91 Å². The summed E-state index contributed by atoms with van der Waals surface area (Å²) in [5.74, 6) is -0.856. The van der Waals surface area contributed by atoms with Crippen LogP contribution in [-0.4, -0.2) is 18.9 Å². The Kier molecular flexibility index (Phi) is 4.70. The second kappa shape index (κ2) is 6.93. The summed E-state index contributed by atoms with van der Waals surface area (Å²) in [6.45, 7) is 1.84. The first-order valence-corrected chi connectivity index (χ1v) is 8.04. The second-order valence-electron chi connectivity index (χ2n) is 6.10. The zero-order chi connectivity index (χ0) is 18.0. The maximum absolute atomic E-state index is 13.8. The number of hydrogen-bond donors (Lipinski definition) is 2. The van der Waals surface area contributed by atoms with E-state index in [0.717, 1.165) is 24.5 Å². The summed E-state index contributed by atoms with van der Waals surface area (Å²) >= 11 is 0. The molecule has 3 rings (SSSR count). The minimum atomic E-state index is -0.600. The van der Waals surface area contributed by atoms with Gasteiger partial charge in [0.05, 0.1) is 7.11 Å². The molecule has 0 bridgehead atoms. The number of nitrogens with one attached hydrogen (secondary N) is 2. The minimum absolute atomic E-state index is 0.00152. The summed E-state index contributed by atoms with van der Waals surface area (Å²) in [5.41, 5.74) is 2.21. The zero-order valence-corrected chi connectivity index (χ0v) is 14.1. The summed E-state index contributed by atoms with van der Waals surface area (Å²) < 4.78 is 18.6. The van der Waals surface area contributed by atoms with Crippen LogP contribution in [0.2, 0.25) is 0 Å². The molecule has 0 heterocycles. The molecular weight excluding hydrogens is 323 g/mol. The first-order chi connectivity index (χ1) is 12.0. The van der Waals surface area contributed by atoms with Gasteiger partial charge in [-0.1, -0.05) is 6.07 Å². The van der Waals surface area contributed by atoms with Crippen molar-refractivity contribution < 1.29 is 18.7 Å². The molecule has 2 N–H and O–H groups in total. The Bertz CT molecular complexity index is 831. The third-order valence-corrected chi connectivity index (χ3v) is 4.12. The molecule has 0 unspecified atom stereocenters. The number of aryl methyl sites for hydroxylation is 1. The van der Waals surface area contributed by atoms with Crippen LogP contribution in [0.3, 0.4) is 0 Å². The average Bonchev–Trinajstić information content (AvgIpc) is 3.42. The largest absolute Gasteiger partial charge is 0.494 e. The molecule has 0 radical (unpaired) electrons. The first kappa shape index (κ1) is 17.0. The van der Waals surface area contributed by atoms with E-state index in [9.17, 15) is 14.0 Å². The molecule has 2 aromatic carbocycles.